The van der Waals surface area contributed by atoms with Crippen LogP contribution in [0.1, 0.15) is 6.42 Å². The molecule has 1 aliphatic rings. The Morgan fingerprint density at radius 3 is 2.00 bits per heavy atom. The maximum Gasteiger partial charge on any atom is 0.188 e. The van der Waals surface area contributed by atoms with Gasteiger partial charge in [0.1, 0.15) is 10.7 Å². The SMILES string of the molecule is CN(C)C1=C(Cl)C(=O)CC1=O. The van der Waals surface area contributed by atoms with Crippen LogP contribution in [0.2, 0.25) is 0 Å². The van der Waals surface area contributed by atoms with E-state index in [0.717, 1.165) is 0 Å². The quantitative estimate of drug-likeness (QED) is 0.544. The second-order valence-electron chi connectivity index (χ2n) is 2.58. The van der Waals surface area contributed by atoms with Gasteiger partial charge in [-0.1, -0.05) is 11.6 Å². The molecule has 60 valence electrons. The van der Waals surface area contributed by atoms with Crippen LogP contribution < -0.4 is 0 Å². The number of hydrogen-bond acceptors (Lipinski definition) is 3. The molecule has 0 aromatic carbocycles. The molecule has 0 aliphatic heterocycles. The second kappa shape index (κ2) is 2.66. The van der Waals surface area contributed by atoms with E-state index in [1.807, 2.05) is 0 Å². The molecular weight excluding hydrogens is 166 g/mol. The van der Waals surface area contributed by atoms with E-state index in [4.69, 9.17) is 11.6 Å². The number of rotatable bonds is 1. The molecule has 0 saturated carbocycles. The predicted molar refractivity (Wildman–Crippen MR) is 41.2 cm³/mol. The molecule has 0 fully saturated rings. The van der Waals surface area contributed by atoms with Crippen LogP contribution in [-0.4, -0.2) is 30.6 Å². The molecule has 0 heterocycles. The number of allylic oxidation sites excluding steroid dienone is 2. The fourth-order valence-electron chi connectivity index (χ4n) is 1.01. The Morgan fingerprint density at radius 1 is 1.27 bits per heavy atom. The third-order valence-electron chi connectivity index (χ3n) is 1.49. The summed E-state index contributed by atoms with van der Waals surface area (Å²) < 4.78 is 0. The average molecular weight is 174 g/mol. The van der Waals surface area contributed by atoms with Gasteiger partial charge in [0.15, 0.2) is 11.6 Å². The lowest BCUT2D eigenvalue weighted by atomic mass is 10.3. The standard InChI is InChI=1S/C7H8ClNO2/c1-9(2)7-5(11)3-4(10)6(7)8/h3H2,1-2H3. The first kappa shape index (κ1) is 8.27. The summed E-state index contributed by atoms with van der Waals surface area (Å²) >= 11 is 5.59. The van der Waals surface area contributed by atoms with E-state index in [0.29, 0.717) is 5.70 Å². The van der Waals surface area contributed by atoms with Crippen LogP contribution in [-0.2, 0) is 9.59 Å². The molecule has 0 atom stereocenters. The summed E-state index contributed by atoms with van der Waals surface area (Å²) in [6, 6.07) is 0. The molecule has 0 radical (unpaired) electrons. The molecular formula is C7H8ClNO2. The predicted octanol–water partition coefficient (Wildman–Crippen LogP) is 0.540. The average Bonchev–Trinajstić information content (AvgIpc) is 2.07. The molecule has 0 aromatic heterocycles. The van der Waals surface area contributed by atoms with Crippen molar-refractivity contribution in [3.8, 4) is 0 Å². The van der Waals surface area contributed by atoms with Crippen LogP contribution in [0.25, 0.3) is 0 Å². The lowest BCUT2D eigenvalue weighted by molar-refractivity contribution is -0.121. The van der Waals surface area contributed by atoms with Crippen molar-refractivity contribution in [3.05, 3.63) is 10.7 Å². The van der Waals surface area contributed by atoms with Crippen LogP contribution in [0.4, 0.5) is 0 Å². The Balaban J connectivity index is 3.07. The Kier molecular flexibility index (Phi) is 2.00. The summed E-state index contributed by atoms with van der Waals surface area (Å²) in [7, 11) is 3.38. The van der Waals surface area contributed by atoms with Gasteiger partial charge in [-0.25, -0.2) is 0 Å². The highest BCUT2D eigenvalue weighted by Gasteiger charge is 2.30. The normalized spacial score (nSPS) is 18.1. The minimum Gasteiger partial charge on any atom is -0.373 e. The maximum absolute atomic E-state index is 11.0. The van der Waals surface area contributed by atoms with Crippen LogP contribution >= 0.6 is 11.6 Å². The van der Waals surface area contributed by atoms with Crippen LogP contribution in [0.3, 0.4) is 0 Å². The molecule has 0 unspecified atom stereocenters. The van der Waals surface area contributed by atoms with Gasteiger partial charge in [-0.3, -0.25) is 9.59 Å². The summed E-state index contributed by atoms with van der Waals surface area (Å²) in [5.41, 5.74) is 0.330. The van der Waals surface area contributed by atoms with Crippen molar-refractivity contribution in [3.63, 3.8) is 0 Å². The number of likely N-dealkylation sites (N-methyl/N-ethyl adjacent to an activating group) is 1. The lowest BCUT2D eigenvalue weighted by Gasteiger charge is -2.11. The van der Waals surface area contributed by atoms with Crippen molar-refractivity contribution < 1.29 is 9.59 Å². The van der Waals surface area contributed by atoms with Gasteiger partial charge in [0.05, 0.1) is 6.42 Å². The number of halogens is 1. The molecule has 0 N–H and O–H groups in total. The minimum atomic E-state index is -0.277. The maximum atomic E-state index is 11.0. The molecule has 0 amide bonds. The molecule has 1 aliphatic carbocycles. The Morgan fingerprint density at radius 2 is 1.82 bits per heavy atom. The van der Waals surface area contributed by atoms with Gasteiger partial charge in [-0.2, -0.15) is 0 Å². The number of ketones is 2. The third-order valence-corrected chi connectivity index (χ3v) is 1.87. The molecule has 11 heavy (non-hydrogen) atoms. The first-order chi connectivity index (χ1) is 5.04. The van der Waals surface area contributed by atoms with E-state index in [1.165, 1.54) is 0 Å². The summed E-state index contributed by atoms with van der Waals surface area (Å²) in [6.45, 7) is 0. The van der Waals surface area contributed by atoms with Gasteiger partial charge < -0.3 is 4.90 Å². The molecule has 0 aromatic rings. The molecule has 3 nitrogen and oxygen atoms in total. The van der Waals surface area contributed by atoms with E-state index in [1.54, 1.807) is 19.0 Å². The highest BCUT2D eigenvalue weighted by molar-refractivity contribution is 6.48. The highest BCUT2D eigenvalue weighted by atomic mass is 35.5. The van der Waals surface area contributed by atoms with Crippen LogP contribution in [0.5, 0.6) is 0 Å². The molecule has 0 spiro atoms. The van der Waals surface area contributed by atoms with Crippen molar-refractivity contribution in [2.75, 3.05) is 14.1 Å². The molecule has 0 bridgehead atoms. The number of hydrogen-bond donors (Lipinski definition) is 0. The fourth-order valence-corrected chi connectivity index (χ4v) is 1.35. The first-order valence-corrected chi connectivity index (χ1v) is 3.55. The van der Waals surface area contributed by atoms with Gasteiger partial charge >= 0.3 is 0 Å². The number of Topliss-reactive ketones (excluding diaryl/α,β-unsaturated/α-hetero) is 2. The van der Waals surface area contributed by atoms with E-state index < -0.39 is 0 Å². The summed E-state index contributed by atoms with van der Waals surface area (Å²) in [5.74, 6) is -0.467. The van der Waals surface area contributed by atoms with Crippen LogP contribution in [0.15, 0.2) is 10.7 Å². The Labute approximate surface area is 69.6 Å². The van der Waals surface area contributed by atoms with Gasteiger partial charge in [0, 0.05) is 14.1 Å². The van der Waals surface area contributed by atoms with Gasteiger partial charge in [0.2, 0.25) is 0 Å². The van der Waals surface area contributed by atoms with Crippen molar-refractivity contribution >= 4 is 23.2 Å². The zero-order valence-electron chi connectivity index (χ0n) is 6.35. The van der Waals surface area contributed by atoms with E-state index in [2.05, 4.69) is 0 Å². The van der Waals surface area contributed by atoms with Crippen molar-refractivity contribution in [1.29, 1.82) is 0 Å². The molecule has 0 saturated heterocycles. The fraction of sp³-hybridized carbons (Fsp3) is 0.429. The number of carbonyl (C=O) groups is 2. The van der Waals surface area contributed by atoms with Gasteiger partial charge in [-0.15, -0.1) is 0 Å². The summed E-state index contributed by atoms with van der Waals surface area (Å²) in [5, 5.41) is 0.0694. The Bertz CT molecular complexity index is 255. The first-order valence-electron chi connectivity index (χ1n) is 3.17. The summed E-state index contributed by atoms with van der Waals surface area (Å²) in [6.07, 6.45) is -0.0770. The van der Waals surface area contributed by atoms with Gasteiger partial charge in [-0.05, 0) is 0 Å². The van der Waals surface area contributed by atoms with Crippen molar-refractivity contribution in [1.82, 2.24) is 4.90 Å². The third kappa shape index (κ3) is 1.28. The lowest BCUT2D eigenvalue weighted by Crippen LogP contribution is -2.16. The number of nitrogens with zero attached hydrogens (tertiary/aromatic N) is 1. The largest absolute Gasteiger partial charge is 0.373 e. The second-order valence-corrected chi connectivity index (χ2v) is 2.96. The highest BCUT2D eigenvalue weighted by Crippen LogP contribution is 2.23. The summed E-state index contributed by atoms with van der Waals surface area (Å²) in [4.78, 5) is 23.5. The smallest absolute Gasteiger partial charge is 0.188 e. The topological polar surface area (TPSA) is 37.4 Å². The zero-order chi connectivity index (χ0) is 8.59. The number of carbonyl (C=O) groups excluding carboxylic acids is 2. The minimum absolute atomic E-state index is 0.0694. The van der Waals surface area contributed by atoms with Crippen molar-refractivity contribution in [2.24, 2.45) is 0 Å². The van der Waals surface area contributed by atoms with Crippen molar-refractivity contribution in [2.45, 2.75) is 6.42 Å². The Hall–Kier alpha value is -0.830. The molecule has 4 heteroatoms. The van der Waals surface area contributed by atoms with E-state index >= 15 is 0 Å². The van der Waals surface area contributed by atoms with E-state index in [-0.39, 0.29) is 23.0 Å². The monoisotopic (exact) mass is 173 g/mol. The van der Waals surface area contributed by atoms with Gasteiger partial charge in [0.25, 0.3) is 0 Å². The van der Waals surface area contributed by atoms with E-state index in [9.17, 15) is 9.59 Å². The molecule has 1 rings (SSSR count). The van der Waals surface area contributed by atoms with Crippen LogP contribution in [0, 0.1) is 0 Å². The zero-order valence-corrected chi connectivity index (χ0v) is 7.10.